The Kier molecular flexibility index (Phi) is 3.31. The van der Waals surface area contributed by atoms with E-state index in [1.807, 2.05) is 0 Å². The largest absolute Gasteiger partial charge is 0.447 e. The highest BCUT2D eigenvalue weighted by Gasteiger charge is 2.35. The maximum atomic E-state index is 11.8. The van der Waals surface area contributed by atoms with Crippen LogP contribution in [0.5, 0.6) is 0 Å². The van der Waals surface area contributed by atoms with Crippen molar-refractivity contribution in [1.29, 1.82) is 0 Å². The Balaban J connectivity index is 1.98. The molecule has 2 saturated heterocycles. The lowest BCUT2D eigenvalue weighted by Crippen LogP contribution is -2.47. The van der Waals surface area contributed by atoms with Crippen LogP contribution in [0.3, 0.4) is 0 Å². The zero-order chi connectivity index (χ0) is 11.6. The fraction of sp³-hybridized carbons (Fsp3) is 0.875. The molecule has 7 nitrogen and oxygen atoms in total. The predicted octanol–water partition coefficient (Wildman–Crippen LogP) is -0.548. The Morgan fingerprint density at radius 1 is 1.25 bits per heavy atom. The number of nitrogens with zero attached hydrogens (tertiary/aromatic N) is 1. The molecule has 1 N–H and O–H groups in total. The van der Waals surface area contributed by atoms with Crippen molar-refractivity contribution in [3.63, 3.8) is 0 Å². The van der Waals surface area contributed by atoms with E-state index in [0.29, 0.717) is 26.1 Å². The highest BCUT2D eigenvalue weighted by atomic mass is 32.2. The molecule has 2 rings (SSSR count). The molecule has 0 radical (unpaired) electrons. The van der Waals surface area contributed by atoms with Gasteiger partial charge >= 0.3 is 16.3 Å². The second-order valence-electron chi connectivity index (χ2n) is 3.70. The second kappa shape index (κ2) is 4.56. The van der Waals surface area contributed by atoms with Crippen LogP contribution in [-0.4, -0.2) is 51.2 Å². The molecule has 0 aromatic heterocycles. The van der Waals surface area contributed by atoms with E-state index in [1.54, 1.807) is 0 Å². The first kappa shape index (κ1) is 11.6. The van der Waals surface area contributed by atoms with Crippen molar-refractivity contribution in [2.24, 2.45) is 0 Å². The van der Waals surface area contributed by atoms with Gasteiger partial charge in [0.15, 0.2) is 0 Å². The van der Waals surface area contributed by atoms with Crippen LogP contribution in [0.2, 0.25) is 0 Å². The number of carbonyl (C=O) groups excluding carboxylic acids is 1. The standard InChI is InChI=1S/C8H14N2O5S/c11-8-10(3-6-15-8)16(12,13)9-7-1-4-14-5-2-7/h7,9H,1-6H2. The average Bonchev–Trinajstić information content (AvgIpc) is 2.66. The minimum atomic E-state index is -3.76. The molecule has 2 aliphatic heterocycles. The third-order valence-corrected chi connectivity index (χ3v) is 4.09. The van der Waals surface area contributed by atoms with Crippen LogP contribution in [-0.2, 0) is 19.7 Å². The zero-order valence-corrected chi connectivity index (χ0v) is 9.53. The number of cyclic esters (lactones) is 1. The SMILES string of the molecule is O=C1OCCN1S(=O)(=O)NC1CCOCC1. The smallest absolute Gasteiger partial charge is 0.424 e. The first-order valence-electron chi connectivity index (χ1n) is 5.14. The summed E-state index contributed by atoms with van der Waals surface area (Å²) in [5, 5.41) is 0. The van der Waals surface area contributed by atoms with Crippen LogP contribution >= 0.6 is 0 Å². The third-order valence-electron chi connectivity index (χ3n) is 2.55. The fourth-order valence-electron chi connectivity index (χ4n) is 1.69. The van der Waals surface area contributed by atoms with Gasteiger partial charge in [-0.3, -0.25) is 0 Å². The van der Waals surface area contributed by atoms with Crippen molar-refractivity contribution in [1.82, 2.24) is 9.03 Å². The van der Waals surface area contributed by atoms with Crippen LogP contribution in [0.4, 0.5) is 4.79 Å². The summed E-state index contributed by atoms with van der Waals surface area (Å²) in [5.74, 6) is 0. The summed E-state index contributed by atoms with van der Waals surface area (Å²) < 4.78 is 36.5. The van der Waals surface area contributed by atoms with Crippen LogP contribution < -0.4 is 4.72 Å². The van der Waals surface area contributed by atoms with E-state index in [0.717, 1.165) is 4.31 Å². The lowest BCUT2D eigenvalue weighted by Gasteiger charge is -2.24. The molecule has 2 heterocycles. The van der Waals surface area contributed by atoms with E-state index in [1.165, 1.54) is 0 Å². The lowest BCUT2D eigenvalue weighted by atomic mass is 10.1. The highest BCUT2D eigenvalue weighted by Crippen LogP contribution is 2.12. The van der Waals surface area contributed by atoms with E-state index < -0.39 is 16.3 Å². The van der Waals surface area contributed by atoms with Gasteiger partial charge in [0.05, 0.1) is 6.54 Å². The van der Waals surface area contributed by atoms with E-state index in [2.05, 4.69) is 9.46 Å². The number of carbonyl (C=O) groups is 1. The van der Waals surface area contributed by atoms with Crippen molar-refractivity contribution in [2.75, 3.05) is 26.4 Å². The summed E-state index contributed by atoms with van der Waals surface area (Å²) in [6.45, 7) is 1.28. The van der Waals surface area contributed by atoms with Crippen molar-refractivity contribution < 1.29 is 22.7 Å². The summed E-state index contributed by atoms with van der Waals surface area (Å²) in [5.41, 5.74) is 0. The summed E-state index contributed by atoms with van der Waals surface area (Å²) in [6, 6.07) is -0.160. The predicted molar refractivity (Wildman–Crippen MR) is 54.0 cm³/mol. The van der Waals surface area contributed by atoms with Crippen LogP contribution in [0.25, 0.3) is 0 Å². The maximum absolute atomic E-state index is 11.8. The quantitative estimate of drug-likeness (QED) is 0.726. The minimum absolute atomic E-state index is 0.0807. The van der Waals surface area contributed by atoms with Crippen molar-refractivity contribution in [2.45, 2.75) is 18.9 Å². The monoisotopic (exact) mass is 250 g/mol. The van der Waals surface area contributed by atoms with Gasteiger partial charge in [-0.2, -0.15) is 17.4 Å². The number of ether oxygens (including phenoxy) is 2. The Morgan fingerprint density at radius 3 is 2.50 bits per heavy atom. The molecular weight excluding hydrogens is 236 g/mol. The van der Waals surface area contributed by atoms with Gasteiger partial charge in [-0.25, -0.2) is 4.79 Å². The number of rotatable bonds is 3. The minimum Gasteiger partial charge on any atom is -0.447 e. The molecule has 92 valence electrons. The van der Waals surface area contributed by atoms with Crippen molar-refractivity contribution >= 4 is 16.3 Å². The van der Waals surface area contributed by atoms with E-state index >= 15 is 0 Å². The highest BCUT2D eigenvalue weighted by molar-refractivity contribution is 7.87. The van der Waals surface area contributed by atoms with Gasteiger partial charge in [-0.05, 0) is 12.8 Å². The molecule has 2 fully saturated rings. The molecule has 16 heavy (non-hydrogen) atoms. The van der Waals surface area contributed by atoms with Gasteiger partial charge in [0, 0.05) is 19.3 Å². The second-order valence-corrected chi connectivity index (χ2v) is 5.32. The van der Waals surface area contributed by atoms with E-state index in [-0.39, 0.29) is 19.2 Å². The van der Waals surface area contributed by atoms with Crippen LogP contribution in [0.1, 0.15) is 12.8 Å². The summed E-state index contributed by atoms with van der Waals surface area (Å²) in [4.78, 5) is 11.1. The van der Waals surface area contributed by atoms with Gasteiger partial charge in [-0.1, -0.05) is 0 Å². The molecule has 0 aromatic rings. The molecule has 1 amide bonds. The van der Waals surface area contributed by atoms with E-state index in [4.69, 9.17) is 4.74 Å². The molecular formula is C8H14N2O5S. The summed E-state index contributed by atoms with van der Waals surface area (Å²) >= 11 is 0. The van der Waals surface area contributed by atoms with Crippen molar-refractivity contribution in [3.8, 4) is 0 Å². The van der Waals surface area contributed by atoms with Gasteiger partial charge < -0.3 is 9.47 Å². The normalized spacial score (nSPS) is 23.5. The molecule has 8 heteroatoms. The molecule has 2 aliphatic rings. The Morgan fingerprint density at radius 2 is 1.94 bits per heavy atom. The summed E-state index contributed by atoms with van der Waals surface area (Å²) in [6.07, 6.45) is 0.448. The maximum Gasteiger partial charge on any atom is 0.424 e. The van der Waals surface area contributed by atoms with Gasteiger partial charge in [-0.15, -0.1) is 0 Å². The summed E-state index contributed by atoms with van der Waals surface area (Å²) in [7, 11) is -3.76. The number of nitrogens with one attached hydrogen (secondary N) is 1. The van der Waals surface area contributed by atoms with Gasteiger partial charge in [0.1, 0.15) is 6.61 Å². The first-order chi connectivity index (χ1) is 7.59. The zero-order valence-electron chi connectivity index (χ0n) is 8.72. The molecule has 0 saturated carbocycles. The average molecular weight is 250 g/mol. The number of hydrogen-bond donors (Lipinski definition) is 1. The molecule has 0 atom stereocenters. The molecule has 0 spiro atoms. The van der Waals surface area contributed by atoms with E-state index in [9.17, 15) is 13.2 Å². The number of amides is 1. The molecule has 0 bridgehead atoms. The van der Waals surface area contributed by atoms with Crippen LogP contribution in [0.15, 0.2) is 0 Å². The topological polar surface area (TPSA) is 84.9 Å². The van der Waals surface area contributed by atoms with Crippen molar-refractivity contribution in [3.05, 3.63) is 0 Å². The first-order valence-corrected chi connectivity index (χ1v) is 6.58. The third kappa shape index (κ3) is 2.45. The Bertz CT molecular complexity index is 363. The number of hydrogen-bond acceptors (Lipinski definition) is 5. The van der Waals surface area contributed by atoms with Gasteiger partial charge in [0.2, 0.25) is 0 Å². The Labute approximate surface area is 93.9 Å². The Hall–Kier alpha value is -0.860. The molecule has 0 aromatic carbocycles. The molecule has 0 unspecified atom stereocenters. The van der Waals surface area contributed by atoms with Gasteiger partial charge in [0.25, 0.3) is 0 Å². The fourth-order valence-corrected chi connectivity index (χ4v) is 3.04. The lowest BCUT2D eigenvalue weighted by molar-refractivity contribution is 0.0829. The van der Waals surface area contributed by atoms with Crippen LogP contribution in [0, 0.1) is 0 Å². The molecule has 0 aliphatic carbocycles.